The van der Waals surface area contributed by atoms with Gasteiger partial charge in [-0.15, -0.1) is 0 Å². The van der Waals surface area contributed by atoms with Gasteiger partial charge in [-0.25, -0.2) is 0 Å². The van der Waals surface area contributed by atoms with Gasteiger partial charge in [0.15, 0.2) is 6.23 Å². The lowest BCUT2D eigenvalue weighted by Gasteiger charge is -2.18. The van der Waals surface area contributed by atoms with E-state index in [1.807, 2.05) is 0 Å². The molecule has 0 saturated heterocycles. The number of methoxy groups -OCH3 is 1. The van der Waals surface area contributed by atoms with Gasteiger partial charge in [0, 0.05) is 33.9 Å². The summed E-state index contributed by atoms with van der Waals surface area (Å²) >= 11 is 12.7. The van der Waals surface area contributed by atoms with Gasteiger partial charge in [-0.1, -0.05) is 47.5 Å². The van der Waals surface area contributed by atoms with Crippen molar-refractivity contribution in [1.29, 1.82) is 0 Å². The second-order valence-electron chi connectivity index (χ2n) is 6.83. The van der Waals surface area contributed by atoms with Gasteiger partial charge in [0.25, 0.3) is 16.0 Å². The quantitative estimate of drug-likeness (QED) is 0.673. The number of nitrogens with one attached hydrogen (secondary N) is 1. The van der Waals surface area contributed by atoms with Crippen LogP contribution in [-0.2, 0) is 19.6 Å². The largest absolute Gasteiger partial charge is 0.357 e. The summed E-state index contributed by atoms with van der Waals surface area (Å²) < 4.78 is 38.5. The predicted molar refractivity (Wildman–Crippen MR) is 115 cm³/mol. The fourth-order valence-corrected chi connectivity index (χ4v) is 4.79. The molecule has 7 nitrogen and oxygen atoms in total. The van der Waals surface area contributed by atoms with Crippen LogP contribution in [0.25, 0.3) is 5.57 Å². The van der Waals surface area contributed by atoms with Gasteiger partial charge in [-0.3, -0.25) is 14.3 Å². The summed E-state index contributed by atoms with van der Waals surface area (Å²) in [6.45, 7) is 0. The van der Waals surface area contributed by atoms with Crippen molar-refractivity contribution in [2.45, 2.75) is 12.3 Å². The van der Waals surface area contributed by atoms with Gasteiger partial charge in [0.1, 0.15) is 5.75 Å². The van der Waals surface area contributed by atoms with Crippen LogP contribution in [0.4, 0.5) is 0 Å². The summed E-state index contributed by atoms with van der Waals surface area (Å²) in [6, 6.07) is 10.8. The van der Waals surface area contributed by atoms with Crippen molar-refractivity contribution in [3.63, 3.8) is 0 Å². The molecular formula is C20H16Cl2N2O5S. The Kier molecular flexibility index (Phi) is 5.46. The molecule has 4 rings (SSSR count). The molecule has 0 aromatic heterocycles. The molecule has 2 atom stereocenters. The normalized spacial score (nSPS) is 20.9. The number of halogens is 2. The van der Waals surface area contributed by atoms with E-state index < -0.39 is 34.0 Å². The third-order valence-corrected chi connectivity index (χ3v) is 6.24. The second-order valence-corrected chi connectivity index (χ2v) is 9.17. The lowest BCUT2D eigenvalue weighted by Crippen LogP contribution is -2.33. The molecule has 2 N–H and O–H groups in total. The highest BCUT2D eigenvalue weighted by Gasteiger charge is 2.41. The smallest absolute Gasteiger partial charge is 0.267 e. The van der Waals surface area contributed by atoms with Gasteiger partial charge in [0.2, 0.25) is 0 Å². The van der Waals surface area contributed by atoms with E-state index in [9.17, 15) is 17.8 Å². The molecule has 0 spiro atoms. The maximum Gasteiger partial charge on any atom is 0.267 e. The molecule has 0 fully saturated rings. The summed E-state index contributed by atoms with van der Waals surface area (Å²) in [5.41, 5.74) is 2.65. The van der Waals surface area contributed by atoms with Gasteiger partial charge >= 0.3 is 0 Å². The molecular weight excluding hydrogens is 451 g/mol. The minimum atomic E-state index is -4.46. The third-order valence-electron chi connectivity index (χ3n) is 4.94. The van der Waals surface area contributed by atoms with Crippen molar-refractivity contribution >= 4 is 50.5 Å². The highest BCUT2D eigenvalue weighted by Crippen LogP contribution is 2.39. The van der Waals surface area contributed by atoms with Crippen LogP contribution < -0.4 is 5.32 Å². The minimum absolute atomic E-state index is 0.116. The van der Waals surface area contributed by atoms with Crippen molar-refractivity contribution in [1.82, 2.24) is 5.32 Å². The zero-order chi connectivity index (χ0) is 21.6. The molecule has 0 saturated carbocycles. The predicted octanol–water partition coefficient (Wildman–Crippen LogP) is 2.96. The molecule has 2 aliphatic heterocycles. The average Bonchev–Trinajstić information content (AvgIpc) is 2.94. The van der Waals surface area contributed by atoms with Crippen molar-refractivity contribution in [3.8, 4) is 0 Å². The molecule has 10 heteroatoms. The number of hydrogen-bond donors (Lipinski definition) is 2. The van der Waals surface area contributed by atoms with E-state index in [1.54, 1.807) is 42.5 Å². The van der Waals surface area contributed by atoms with Crippen molar-refractivity contribution < 1.29 is 22.5 Å². The maximum atomic E-state index is 12.8. The third kappa shape index (κ3) is 3.77. The Morgan fingerprint density at radius 3 is 2.50 bits per heavy atom. The number of benzene rings is 2. The molecule has 0 aliphatic carbocycles. The summed E-state index contributed by atoms with van der Waals surface area (Å²) in [5.74, 6) is -1.29. The Bertz CT molecular complexity index is 1220. The molecule has 156 valence electrons. The Hall–Kier alpha value is -2.23. The van der Waals surface area contributed by atoms with E-state index in [-0.39, 0.29) is 5.57 Å². The number of nitrogens with zero attached hydrogens (tertiary/aromatic N) is 1. The highest BCUT2D eigenvalue weighted by atomic mass is 35.5. The fraction of sp³-hybridized carbons (Fsp3) is 0.200. The van der Waals surface area contributed by atoms with Crippen LogP contribution in [-0.4, -0.2) is 49.7 Å². The summed E-state index contributed by atoms with van der Waals surface area (Å²) in [4.78, 5) is 17.4. The Morgan fingerprint density at radius 2 is 1.83 bits per heavy atom. The van der Waals surface area contributed by atoms with Gasteiger partial charge in [-0.2, -0.15) is 8.42 Å². The van der Waals surface area contributed by atoms with Gasteiger partial charge in [-0.05, 0) is 23.8 Å². The van der Waals surface area contributed by atoms with Crippen LogP contribution in [0.5, 0.6) is 0 Å². The maximum absolute atomic E-state index is 12.8. The molecule has 0 radical (unpaired) electrons. The lowest BCUT2D eigenvalue weighted by molar-refractivity contribution is -0.118. The van der Waals surface area contributed by atoms with Crippen LogP contribution >= 0.6 is 23.2 Å². The Morgan fingerprint density at radius 1 is 1.10 bits per heavy atom. The molecule has 2 unspecified atom stereocenters. The summed E-state index contributed by atoms with van der Waals surface area (Å²) in [5, 5.41) is 3.49. The molecule has 2 aliphatic rings. The van der Waals surface area contributed by atoms with Crippen LogP contribution in [0.2, 0.25) is 10.0 Å². The average molecular weight is 467 g/mol. The van der Waals surface area contributed by atoms with Crippen LogP contribution in [0.3, 0.4) is 0 Å². The Balaban J connectivity index is 2.07. The number of rotatable bonds is 4. The molecule has 0 bridgehead atoms. The zero-order valence-electron chi connectivity index (χ0n) is 15.6. The molecule has 1 amide bonds. The van der Waals surface area contributed by atoms with Crippen molar-refractivity contribution in [3.05, 3.63) is 74.8 Å². The minimum Gasteiger partial charge on any atom is -0.357 e. The first-order valence-corrected chi connectivity index (χ1v) is 11.2. The first kappa shape index (κ1) is 21.0. The molecule has 2 heterocycles. The summed E-state index contributed by atoms with van der Waals surface area (Å²) in [6.07, 6.45) is -0.808. The Labute approximate surface area is 183 Å². The van der Waals surface area contributed by atoms with Crippen molar-refractivity contribution in [2.24, 2.45) is 4.99 Å². The zero-order valence-corrected chi connectivity index (χ0v) is 17.9. The number of aliphatic imine (C=N–C) groups is 1. The number of amides is 1. The van der Waals surface area contributed by atoms with E-state index in [1.165, 1.54) is 7.11 Å². The second kappa shape index (κ2) is 7.79. The number of hydrogen-bond acceptors (Lipinski definition) is 5. The van der Waals surface area contributed by atoms with Gasteiger partial charge < -0.3 is 10.1 Å². The van der Waals surface area contributed by atoms with Crippen LogP contribution in [0.1, 0.15) is 16.7 Å². The fourth-order valence-electron chi connectivity index (χ4n) is 3.75. The van der Waals surface area contributed by atoms with Crippen molar-refractivity contribution in [2.75, 3.05) is 12.9 Å². The number of carbonyl (C=O) groups is 1. The van der Waals surface area contributed by atoms with E-state index in [0.29, 0.717) is 38.0 Å². The topological polar surface area (TPSA) is 105 Å². The first-order valence-electron chi connectivity index (χ1n) is 8.85. The number of ether oxygens (including phenoxy) is 1. The summed E-state index contributed by atoms with van der Waals surface area (Å²) in [7, 11) is -3.03. The molecule has 30 heavy (non-hydrogen) atoms. The van der Waals surface area contributed by atoms with Crippen LogP contribution in [0, 0.1) is 0 Å². The number of carbonyl (C=O) groups excluding carboxylic acids is 1. The standard InChI is InChI=1S/C20H16Cl2N2O5S/c1-29-20-16-11-7-6-10(21)8-13(11)18(12-4-2-3-5-14(12)22)23-15(9-30(26,27)28)17(16)19(25)24-20/h2-8,15,20H,9H2,1H3,(H,24,25)(H,26,27,28). The van der Waals surface area contributed by atoms with Crippen LogP contribution in [0.15, 0.2) is 53.0 Å². The molecule has 2 aromatic carbocycles. The molecule has 2 aromatic rings. The van der Waals surface area contributed by atoms with E-state index in [4.69, 9.17) is 27.9 Å². The SMILES string of the molecule is COC1NC(=O)C2=C1c1ccc(Cl)cc1C(c1ccccc1Cl)=NC2CS(=O)(=O)O. The monoisotopic (exact) mass is 466 g/mol. The number of fused-ring (bicyclic) bond motifs is 2. The lowest BCUT2D eigenvalue weighted by atomic mass is 9.91. The van der Waals surface area contributed by atoms with E-state index in [2.05, 4.69) is 10.3 Å². The van der Waals surface area contributed by atoms with Gasteiger partial charge in [0.05, 0.1) is 17.3 Å². The first-order chi connectivity index (χ1) is 14.2. The van der Waals surface area contributed by atoms with E-state index >= 15 is 0 Å². The highest BCUT2D eigenvalue weighted by molar-refractivity contribution is 7.85. The van der Waals surface area contributed by atoms with E-state index in [0.717, 1.165) is 0 Å².